The number of carbonyl (C=O) groups excluding carboxylic acids is 1. The standard InChI is InChI=1S/C28H29N5O2/c1-33-17-22(16-31-33)21-14-24(27(29)30-15-21)28(34)32-25-12-7-13-26(25)35-18-20-10-5-6-11-23(20)19-8-3-2-4-9-19/h2-6,8-11,14-17,25-26H,7,12-13,18H2,1H3,(H2,29,30)(H,32,34)/t25-,26-/m1/s1. The zero-order chi connectivity index (χ0) is 24.2. The maximum Gasteiger partial charge on any atom is 0.255 e. The van der Waals surface area contributed by atoms with Gasteiger partial charge in [-0.1, -0.05) is 54.6 Å². The molecule has 1 fully saturated rings. The number of amides is 1. The van der Waals surface area contributed by atoms with Gasteiger partial charge in [-0.2, -0.15) is 5.10 Å². The van der Waals surface area contributed by atoms with E-state index in [9.17, 15) is 4.79 Å². The molecule has 2 aromatic heterocycles. The number of hydrogen-bond donors (Lipinski definition) is 2. The monoisotopic (exact) mass is 467 g/mol. The maximum atomic E-state index is 13.2. The van der Waals surface area contributed by atoms with Gasteiger partial charge >= 0.3 is 0 Å². The number of nitrogen functional groups attached to an aromatic ring is 1. The van der Waals surface area contributed by atoms with Crippen LogP contribution in [0, 0.1) is 0 Å². The summed E-state index contributed by atoms with van der Waals surface area (Å²) >= 11 is 0. The lowest BCUT2D eigenvalue weighted by Gasteiger charge is -2.22. The summed E-state index contributed by atoms with van der Waals surface area (Å²) in [6, 6.07) is 20.3. The fourth-order valence-corrected chi connectivity index (χ4v) is 4.66. The van der Waals surface area contributed by atoms with Crippen molar-refractivity contribution in [3.63, 3.8) is 0 Å². The first-order valence-corrected chi connectivity index (χ1v) is 11.9. The first-order valence-electron chi connectivity index (χ1n) is 11.9. The lowest BCUT2D eigenvalue weighted by molar-refractivity contribution is 0.0274. The molecule has 1 aliphatic rings. The number of nitrogens with zero attached hydrogens (tertiary/aromatic N) is 3. The van der Waals surface area contributed by atoms with E-state index >= 15 is 0 Å². The molecule has 0 spiro atoms. The van der Waals surface area contributed by atoms with Crippen LogP contribution in [0.1, 0.15) is 35.2 Å². The fourth-order valence-electron chi connectivity index (χ4n) is 4.66. The van der Waals surface area contributed by atoms with Crippen LogP contribution in [-0.2, 0) is 18.4 Å². The molecular formula is C28H29N5O2. The zero-order valence-corrected chi connectivity index (χ0v) is 19.7. The summed E-state index contributed by atoms with van der Waals surface area (Å²) in [7, 11) is 1.85. The molecule has 7 heteroatoms. The zero-order valence-electron chi connectivity index (χ0n) is 19.7. The van der Waals surface area contributed by atoms with Gasteiger partial charge in [0.1, 0.15) is 5.82 Å². The minimum absolute atomic E-state index is 0.0570. The Hall–Kier alpha value is -3.97. The molecule has 7 nitrogen and oxygen atoms in total. The van der Waals surface area contributed by atoms with Crippen molar-refractivity contribution in [2.45, 2.75) is 38.0 Å². The second kappa shape index (κ2) is 10.1. The molecule has 35 heavy (non-hydrogen) atoms. The van der Waals surface area contributed by atoms with Gasteiger partial charge in [0.05, 0.1) is 30.5 Å². The number of benzene rings is 2. The lowest BCUT2D eigenvalue weighted by atomic mass is 10.0. The summed E-state index contributed by atoms with van der Waals surface area (Å²) in [6.45, 7) is 0.488. The van der Waals surface area contributed by atoms with Gasteiger partial charge in [-0.25, -0.2) is 4.98 Å². The minimum Gasteiger partial charge on any atom is -0.383 e. The molecule has 0 aliphatic heterocycles. The third-order valence-electron chi connectivity index (χ3n) is 6.53. The van der Waals surface area contributed by atoms with Crippen LogP contribution in [0.2, 0.25) is 0 Å². The normalized spacial score (nSPS) is 17.4. The van der Waals surface area contributed by atoms with Gasteiger partial charge in [0.15, 0.2) is 0 Å². The molecular weight excluding hydrogens is 438 g/mol. The van der Waals surface area contributed by atoms with Gasteiger partial charge in [0.2, 0.25) is 0 Å². The van der Waals surface area contributed by atoms with Crippen molar-refractivity contribution in [1.82, 2.24) is 20.1 Å². The Morgan fingerprint density at radius 3 is 2.66 bits per heavy atom. The number of nitrogens with two attached hydrogens (primary N) is 1. The third-order valence-corrected chi connectivity index (χ3v) is 6.53. The van der Waals surface area contributed by atoms with E-state index in [2.05, 4.69) is 39.7 Å². The maximum absolute atomic E-state index is 13.2. The molecule has 4 aromatic rings. The molecule has 2 atom stereocenters. The van der Waals surface area contributed by atoms with Gasteiger partial charge in [-0.3, -0.25) is 9.48 Å². The Kier molecular flexibility index (Phi) is 6.59. The predicted molar refractivity (Wildman–Crippen MR) is 136 cm³/mol. The average molecular weight is 468 g/mol. The van der Waals surface area contributed by atoms with Crippen molar-refractivity contribution in [2.75, 3.05) is 5.73 Å². The number of ether oxygens (including phenoxy) is 1. The second-order valence-electron chi connectivity index (χ2n) is 8.94. The number of aromatic nitrogens is 3. The summed E-state index contributed by atoms with van der Waals surface area (Å²) < 4.78 is 8.06. The van der Waals surface area contributed by atoms with Gasteiger partial charge in [0.25, 0.3) is 5.91 Å². The summed E-state index contributed by atoms with van der Waals surface area (Å²) in [4.78, 5) is 17.4. The highest BCUT2D eigenvalue weighted by molar-refractivity contribution is 5.99. The minimum atomic E-state index is -0.231. The Labute approximate surface area is 205 Å². The van der Waals surface area contributed by atoms with Gasteiger partial charge in [-0.05, 0) is 42.0 Å². The van der Waals surface area contributed by atoms with Crippen molar-refractivity contribution in [3.8, 4) is 22.3 Å². The van der Waals surface area contributed by atoms with Crippen LogP contribution in [0.4, 0.5) is 5.82 Å². The number of carbonyl (C=O) groups is 1. The summed E-state index contributed by atoms with van der Waals surface area (Å²) in [5.74, 6) is -0.0201. The summed E-state index contributed by atoms with van der Waals surface area (Å²) in [5, 5.41) is 7.34. The number of nitrogens with one attached hydrogen (secondary N) is 1. The van der Waals surface area contributed by atoms with E-state index in [1.807, 2.05) is 43.6 Å². The van der Waals surface area contributed by atoms with Crippen molar-refractivity contribution in [2.24, 2.45) is 7.05 Å². The van der Waals surface area contributed by atoms with Crippen LogP contribution in [0.15, 0.2) is 79.3 Å². The second-order valence-corrected chi connectivity index (χ2v) is 8.94. The fraction of sp³-hybridized carbons (Fsp3) is 0.250. The van der Waals surface area contributed by atoms with Crippen LogP contribution >= 0.6 is 0 Å². The SMILES string of the molecule is Cn1cc(-c2cnc(N)c(C(=O)N[C@@H]3CCC[C@H]3OCc3ccccc3-c3ccccc3)c2)cn1. The summed E-state index contributed by atoms with van der Waals surface area (Å²) in [5.41, 5.74) is 11.6. The number of aryl methyl sites for hydroxylation is 1. The Bertz CT molecular complexity index is 1320. The first-order chi connectivity index (χ1) is 17.1. The molecule has 1 aliphatic carbocycles. The predicted octanol–water partition coefficient (Wildman–Crippen LogP) is 4.60. The number of rotatable bonds is 7. The molecule has 1 amide bonds. The quantitative estimate of drug-likeness (QED) is 0.414. The van der Waals surface area contributed by atoms with Crippen molar-refractivity contribution in [3.05, 3.63) is 90.4 Å². The number of hydrogen-bond acceptors (Lipinski definition) is 5. The molecule has 0 unspecified atom stereocenters. The molecule has 0 bridgehead atoms. The van der Waals surface area contributed by atoms with E-state index in [0.29, 0.717) is 12.2 Å². The Morgan fingerprint density at radius 2 is 1.86 bits per heavy atom. The Balaban J connectivity index is 1.27. The van der Waals surface area contributed by atoms with E-state index in [0.717, 1.165) is 41.5 Å². The molecule has 3 N–H and O–H groups in total. The molecule has 1 saturated carbocycles. The Morgan fingerprint density at radius 1 is 1.06 bits per heavy atom. The first kappa shape index (κ1) is 22.8. The number of anilines is 1. The van der Waals surface area contributed by atoms with Gasteiger partial charge in [0, 0.05) is 30.6 Å². The smallest absolute Gasteiger partial charge is 0.255 e. The van der Waals surface area contributed by atoms with E-state index in [1.54, 1.807) is 23.1 Å². The molecule has 5 rings (SSSR count). The summed E-state index contributed by atoms with van der Waals surface area (Å²) in [6.07, 6.45) is 7.99. The van der Waals surface area contributed by atoms with E-state index in [1.165, 1.54) is 5.56 Å². The van der Waals surface area contributed by atoms with Crippen molar-refractivity contribution < 1.29 is 9.53 Å². The molecule has 2 aromatic carbocycles. The van der Waals surface area contributed by atoms with Crippen LogP contribution in [0.25, 0.3) is 22.3 Å². The average Bonchev–Trinajstić information content (AvgIpc) is 3.52. The molecule has 0 radical (unpaired) electrons. The van der Waals surface area contributed by atoms with Crippen LogP contribution in [-0.4, -0.2) is 32.8 Å². The molecule has 178 valence electrons. The highest BCUT2D eigenvalue weighted by Crippen LogP contribution is 2.28. The van der Waals surface area contributed by atoms with E-state index in [-0.39, 0.29) is 23.9 Å². The molecule has 2 heterocycles. The molecule has 0 saturated heterocycles. The highest BCUT2D eigenvalue weighted by atomic mass is 16.5. The van der Waals surface area contributed by atoms with Crippen molar-refractivity contribution in [1.29, 1.82) is 0 Å². The number of pyridine rings is 1. The van der Waals surface area contributed by atoms with E-state index in [4.69, 9.17) is 10.5 Å². The third kappa shape index (κ3) is 5.10. The van der Waals surface area contributed by atoms with Crippen LogP contribution < -0.4 is 11.1 Å². The highest BCUT2D eigenvalue weighted by Gasteiger charge is 2.30. The largest absolute Gasteiger partial charge is 0.383 e. The lowest BCUT2D eigenvalue weighted by Crippen LogP contribution is -2.41. The van der Waals surface area contributed by atoms with Gasteiger partial charge < -0.3 is 15.8 Å². The van der Waals surface area contributed by atoms with Crippen molar-refractivity contribution >= 4 is 11.7 Å². The van der Waals surface area contributed by atoms with Gasteiger partial charge in [-0.15, -0.1) is 0 Å². The van der Waals surface area contributed by atoms with E-state index < -0.39 is 0 Å². The van der Waals surface area contributed by atoms with Crippen LogP contribution in [0.5, 0.6) is 0 Å². The topological polar surface area (TPSA) is 95.1 Å². The van der Waals surface area contributed by atoms with Crippen LogP contribution in [0.3, 0.4) is 0 Å².